The highest BCUT2D eigenvalue weighted by Gasteiger charge is 2.22. The lowest BCUT2D eigenvalue weighted by molar-refractivity contribution is -0.384. The van der Waals surface area contributed by atoms with Gasteiger partial charge in [-0.25, -0.2) is 4.98 Å². The molecule has 7 heteroatoms. The summed E-state index contributed by atoms with van der Waals surface area (Å²) in [5, 5.41) is 16.5. The maximum atomic E-state index is 11.8. The van der Waals surface area contributed by atoms with Gasteiger partial charge in [-0.2, -0.15) is 0 Å². The van der Waals surface area contributed by atoms with Crippen LogP contribution in [0.4, 0.5) is 11.5 Å². The molecule has 7 nitrogen and oxygen atoms in total. The number of nitro groups is 1. The van der Waals surface area contributed by atoms with Gasteiger partial charge in [-0.15, -0.1) is 0 Å². The molecule has 0 fully saturated rings. The van der Waals surface area contributed by atoms with E-state index in [2.05, 4.69) is 15.6 Å². The molecule has 0 spiro atoms. The highest BCUT2D eigenvalue weighted by molar-refractivity contribution is 5.84. The Balaban J connectivity index is 2.91. The van der Waals surface area contributed by atoms with Gasteiger partial charge in [0.1, 0.15) is 6.04 Å². The van der Waals surface area contributed by atoms with E-state index in [1.54, 1.807) is 19.9 Å². The van der Waals surface area contributed by atoms with Crippen molar-refractivity contribution in [2.75, 3.05) is 5.32 Å². The van der Waals surface area contributed by atoms with Crippen LogP contribution in [0.5, 0.6) is 0 Å². The SMILES string of the molecule is Cc1ccnc(NC(C)C(=O)NC(C)C)c1[N+](=O)[O-]. The van der Waals surface area contributed by atoms with Crippen molar-refractivity contribution < 1.29 is 9.72 Å². The molecule has 1 aromatic rings. The highest BCUT2D eigenvalue weighted by Crippen LogP contribution is 2.25. The van der Waals surface area contributed by atoms with Gasteiger partial charge in [-0.05, 0) is 33.8 Å². The van der Waals surface area contributed by atoms with Crippen LogP contribution in [0.3, 0.4) is 0 Å². The lowest BCUT2D eigenvalue weighted by atomic mass is 10.2. The number of aryl methyl sites for hydroxylation is 1. The number of anilines is 1. The van der Waals surface area contributed by atoms with E-state index < -0.39 is 11.0 Å². The molecule has 0 bridgehead atoms. The van der Waals surface area contributed by atoms with E-state index in [9.17, 15) is 14.9 Å². The third kappa shape index (κ3) is 3.90. The van der Waals surface area contributed by atoms with Crippen LogP contribution in [-0.2, 0) is 4.79 Å². The Bertz CT molecular complexity index is 488. The average molecular weight is 266 g/mol. The zero-order chi connectivity index (χ0) is 14.6. The minimum Gasteiger partial charge on any atom is -0.353 e. The Hall–Kier alpha value is -2.18. The van der Waals surface area contributed by atoms with Gasteiger partial charge in [-0.3, -0.25) is 14.9 Å². The van der Waals surface area contributed by atoms with Gasteiger partial charge in [0.05, 0.1) is 4.92 Å². The number of carbonyl (C=O) groups is 1. The van der Waals surface area contributed by atoms with Crippen LogP contribution in [0.2, 0.25) is 0 Å². The fourth-order valence-electron chi connectivity index (χ4n) is 1.57. The summed E-state index contributed by atoms with van der Waals surface area (Å²) in [6, 6.07) is 0.968. The first-order chi connectivity index (χ1) is 8.82. The second kappa shape index (κ2) is 6.12. The van der Waals surface area contributed by atoms with Gasteiger partial charge in [0.2, 0.25) is 11.7 Å². The number of hydrogen-bond acceptors (Lipinski definition) is 5. The largest absolute Gasteiger partial charge is 0.353 e. The van der Waals surface area contributed by atoms with Crippen molar-refractivity contribution in [2.24, 2.45) is 0 Å². The van der Waals surface area contributed by atoms with E-state index in [1.165, 1.54) is 6.20 Å². The molecule has 1 heterocycles. The molecule has 0 aliphatic rings. The summed E-state index contributed by atoms with van der Waals surface area (Å²) in [4.78, 5) is 26.2. The lowest BCUT2D eigenvalue weighted by Gasteiger charge is -2.16. The van der Waals surface area contributed by atoms with Crippen LogP contribution in [-0.4, -0.2) is 27.9 Å². The van der Waals surface area contributed by atoms with Crippen LogP contribution in [0.15, 0.2) is 12.3 Å². The fourth-order valence-corrected chi connectivity index (χ4v) is 1.57. The van der Waals surface area contributed by atoms with Crippen LogP contribution < -0.4 is 10.6 Å². The average Bonchev–Trinajstić information content (AvgIpc) is 2.27. The monoisotopic (exact) mass is 266 g/mol. The Morgan fingerprint density at radius 1 is 1.42 bits per heavy atom. The molecule has 1 unspecified atom stereocenters. The third-order valence-corrected chi connectivity index (χ3v) is 2.49. The fraction of sp³-hybridized carbons (Fsp3) is 0.500. The zero-order valence-corrected chi connectivity index (χ0v) is 11.4. The number of nitrogens with zero attached hydrogens (tertiary/aromatic N) is 2. The summed E-state index contributed by atoms with van der Waals surface area (Å²) in [7, 11) is 0. The van der Waals surface area contributed by atoms with Gasteiger partial charge in [0.25, 0.3) is 0 Å². The van der Waals surface area contributed by atoms with Gasteiger partial charge >= 0.3 is 5.69 Å². The predicted molar refractivity (Wildman–Crippen MR) is 72.0 cm³/mol. The van der Waals surface area contributed by atoms with Crippen LogP contribution in [0, 0.1) is 17.0 Å². The van der Waals surface area contributed by atoms with Gasteiger partial charge in [-0.1, -0.05) is 0 Å². The lowest BCUT2D eigenvalue weighted by Crippen LogP contribution is -2.41. The van der Waals surface area contributed by atoms with Crippen LogP contribution >= 0.6 is 0 Å². The molecule has 2 N–H and O–H groups in total. The van der Waals surface area contributed by atoms with Crippen molar-refractivity contribution in [1.82, 2.24) is 10.3 Å². The Kier molecular flexibility index (Phi) is 4.80. The summed E-state index contributed by atoms with van der Waals surface area (Å²) in [5.74, 6) is -0.121. The molecule has 0 aromatic carbocycles. The minimum absolute atomic E-state index is 0.0113. The number of nitrogens with one attached hydrogen (secondary N) is 2. The van der Waals surface area contributed by atoms with E-state index in [4.69, 9.17) is 0 Å². The minimum atomic E-state index is -0.601. The molecule has 0 saturated carbocycles. The molecule has 0 aliphatic heterocycles. The first kappa shape index (κ1) is 14.9. The van der Waals surface area contributed by atoms with E-state index in [0.29, 0.717) is 5.56 Å². The topological polar surface area (TPSA) is 97.2 Å². The van der Waals surface area contributed by atoms with Gasteiger partial charge in [0.15, 0.2) is 0 Å². The Morgan fingerprint density at radius 2 is 2.05 bits per heavy atom. The van der Waals surface area contributed by atoms with E-state index in [1.807, 2.05) is 13.8 Å². The second-order valence-electron chi connectivity index (χ2n) is 4.61. The van der Waals surface area contributed by atoms with Gasteiger partial charge in [0, 0.05) is 17.8 Å². The molecule has 1 atom stereocenters. The molecule has 1 rings (SSSR count). The van der Waals surface area contributed by atoms with Crippen molar-refractivity contribution in [1.29, 1.82) is 0 Å². The number of hydrogen-bond donors (Lipinski definition) is 2. The quantitative estimate of drug-likeness (QED) is 0.623. The number of rotatable bonds is 5. The van der Waals surface area contributed by atoms with E-state index in [-0.39, 0.29) is 23.5 Å². The van der Waals surface area contributed by atoms with Gasteiger partial charge < -0.3 is 10.6 Å². The van der Waals surface area contributed by atoms with Crippen molar-refractivity contribution in [3.8, 4) is 0 Å². The van der Waals surface area contributed by atoms with E-state index in [0.717, 1.165) is 0 Å². The molecular formula is C12H18N4O3. The standard InChI is InChI=1S/C12H18N4O3/c1-7(2)14-12(17)9(4)15-11-10(16(18)19)8(3)5-6-13-11/h5-7,9H,1-4H3,(H,13,15)(H,14,17). The first-order valence-electron chi connectivity index (χ1n) is 5.99. The molecular weight excluding hydrogens is 248 g/mol. The summed E-state index contributed by atoms with van der Waals surface area (Å²) in [6.45, 7) is 6.95. The molecule has 0 aliphatic carbocycles. The van der Waals surface area contributed by atoms with Crippen LogP contribution in [0.25, 0.3) is 0 Å². The normalized spacial score (nSPS) is 12.1. The first-order valence-corrected chi connectivity index (χ1v) is 5.99. The molecule has 0 radical (unpaired) electrons. The molecule has 1 aromatic heterocycles. The summed E-state index contributed by atoms with van der Waals surface area (Å²) < 4.78 is 0. The third-order valence-electron chi connectivity index (χ3n) is 2.49. The summed E-state index contributed by atoms with van der Waals surface area (Å²) >= 11 is 0. The maximum absolute atomic E-state index is 11.8. The number of carbonyl (C=O) groups excluding carboxylic acids is 1. The maximum Gasteiger partial charge on any atom is 0.314 e. The summed E-state index contributed by atoms with van der Waals surface area (Å²) in [6.07, 6.45) is 1.47. The smallest absolute Gasteiger partial charge is 0.314 e. The molecule has 19 heavy (non-hydrogen) atoms. The van der Waals surface area contributed by atoms with Crippen molar-refractivity contribution in [2.45, 2.75) is 39.8 Å². The van der Waals surface area contributed by atoms with Crippen molar-refractivity contribution in [3.05, 3.63) is 27.9 Å². The van der Waals surface area contributed by atoms with Crippen molar-refractivity contribution in [3.63, 3.8) is 0 Å². The Labute approximate surface area is 111 Å². The molecule has 104 valence electrons. The summed E-state index contributed by atoms with van der Waals surface area (Å²) in [5.41, 5.74) is 0.394. The van der Waals surface area contributed by atoms with Crippen LogP contribution in [0.1, 0.15) is 26.3 Å². The number of pyridine rings is 1. The number of aromatic nitrogens is 1. The highest BCUT2D eigenvalue weighted by atomic mass is 16.6. The molecule has 1 amide bonds. The van der Waals surface area contributed by atoms with Crippen molar-refractivity contribution >= 4 is 17.4 Å². The number of amides is 1. The zero-order valence-electron chi connectivity index (χ0n) is 11.4. The van der Waals surface area contributed by atoms with E-state index >= 15 is 0 Å². The molecule has 0 saturated heterocycles. The Morgan fingerprint density at radius 3 is 2.58 bits per heavy atom. The predicted octanol–water partition coefficient (Wildman–Crippen LogP) is 1.62. The second-order valence-corrected chi connectivity index (χ2v) is 4.61.